The van der Waals surface area contributed by atoms with Crippen molar-refractivity contribution in [3.05, 3.63) is 59.2 Å². The summed E-state index contributed by atoms with van der Waals surface area (Å²) in [7, 11) is 0. The zero-order chi connectivity index (χ0) is 21.5. The predicted molar refractivity (Wildman–Crippen MR) is 115 cm³/mol. The number of hydrogen-bond donors (Lipinski definition) is 0. The fourth-order valence-electron chi connectivity index (χ4n) is 4.66. The second-order valence-corrected chi connectivity index (χ2v) is 9.48. The summed E-state index contributed by atoms with van der Waals surface area (Å²) < 4.78 is 19.0. The number of rotatable bonds is 5. The Morgan fingerprint density at radius 1 is 1.26 bits per heavy atom. The van der Waals surface area contributed by atoms with Gasteiger partial charge < -0.3 is 9.64 Å². The first-order valence-electron chi connectivity index (χ1n) is 10.5. The Morgan fingerprint density at radius 2 is 2.10 bits per heavy atom. The number of nitrogens with zero attached hydrogens (tertiary/aromatic N) is 4. The van der Waals surface area contributed by atoms with E-state index in [2.05, 4.69) is 21.9 Å². The Hall–Kier alpha value is -2.87. The minimum absolute atomic E-state index is 0.0688. The maximum Gasteiger partial charge on any atom is 0.274 e. The molecule has 0 N–H and O–H groups in total. The number of carbonyl (C=O) groups excluding carboxylic acids is 1. The molecule has 8 heteroatoms. The van der Waals surface area contributed by atoms with Crippen LogP contribution in [0.5, 0.6) is 5.88 Å². The summed E-state index contributed by atoms with van der Waals surface area (Å²) in [6.45, 7) is 4.41. The Labute approximate surface area is 184 Å². The Balaban J connectivity index is 1.43. The molecule has 6 nitrogen and oxygen atoms in total. The third kappa shape index (κ3) is 3.69. The average molecular weight is 439 g/mol. The van der Waals surface area contributed by atoms with Crippen molar-refractivity contribution in [3.8, 4) is 16.5 Å². The van der Waals surface area contributed by atoms with Gasteiger partial charge in [-0.3, -0.25) is 9.78 Å². The zero-order valence-electron chi connectivity index (χ0n) is 17.4. The van der Waals surface area contributed by atoms with Gasteiger partial charge in [0.1, 0.15) is 18.1 Å². The molecule has 2 aliphatic heterocycles. The molecule has 1 amide bonds. The molecule has 0 spiro atoms. The van der Waals surface area contributed by atoms with E-state index in [9.17, 15) is 9.18 Å². The Bertz CT molecular complexity index is 1080. The molecule has 5 heterocycles. The quantitative estimate of drug-likeness (QED) is 0.592. The van der Waals surface area contributed by atoms with Crippen LogP contribution in [0.1, 0.15) is 35.3 Å². The number of halogens is 1. The maximum atomic E-state index is 13.8. The monoisotopic (exact) mass is 438 g/mol. The minimum atomic E-state index is -0.405. The summed E-state index contributed by atoms with van der Waals surface area (Å²) in [5, 5.41) is 0.837. The Kier molecular flexibility index (Phi) is 5.17. The molecule has 3 fully saturated rings. The highest BCUT2D eigenvalue weighted by Crippen LogP contribution is 2.47. The maximum absolute atomic E-state index is 13.8. The molecule has 2 bridgehead atoms. The van der Waals surface area contributed by atoms with E-state index in [1.807, 2.05) is 30.0 Å². The molecule has 3 aromatic rings. The molecule has 0 aromatic carbocycles. The highest BCUT2D eigenvalue weighted by molar-refractivity contribution is 7.15. The van der Waals surface area contributed by atoms with Crippen LogP contribution < -0.4 is 4.74 Å². The third-order valence-corrected chi connectivity index (χ3v) is 7.42. The second kappa shape index (κ2) is 8.00. The van der Waals surface area contributed by atoms with Crippen molar-refractivity contribution in [1.82, 2.24) is 19.9 Å². The van der Waals surface area contributed by atoms with Crippen molar-refractivity contribution in [1.29, 1.82) is 0 Å². The Morgan fingerprint density at radius 3 is 2.81 bits per heavy atom. The first-order valence-corrected chi connectivity index (χ1v) is 11.3. The van der Waals surface area contributed by atoms with Crippen molar-refractivity contribution >= 4 is 17.2 Å². The molecule has 31 heavy (non-hydrogen) atoms. The normalized spacial score (nSPS) is 24.5. The largest absolute Gasteiger partial charge is 0.475 e. The van der Waals surface area contributed by atoms with Gasteiger partial charge in [-0.25, -0.2) is 14.4 Å². The van der Waals surface area contributed by atoms with Crippen LogP contribution in [0, 0.1) is 24.6 Å². The molecule has 1 aliphatic carbocycles. The number of fused-ring (bicyclic) bond motifs is 2. The lowest BCUT2D eigenvalue weighted by Crippen LogP contribution is -2.64. The summed E-state index contributed by atoms with van der Waals surface area (Å²) in [6, 6.07) is 8.62. The van der Waals surface area contributed by atoms with E-state index in [1.165, 1.54) is 23.5 Å². The third-order valence-electron chi connectivity index (χ3n) is 6.42. The number of aromatic nitrogens is 3. The number of hydrogen-bond acceptors (Lipinski definition) is 6. The lowest BCUT2D eigenvalue weighted by molar-refractivity contribution is -0.0676. The smallest absolute Gasteiger partial charge is 0.274 e. The first-order chi connectivity index (χ1) is 15.0. The van der Waals surface area contributed by atoms with Crippen LogP contribution in [-0.4, -0.2) is 44.4 Å². The van der Waals surface area contributed by atoms with Crippen LogP contribution in [0.3, 0.4) is 0 Å². The zero-order valence-corrected chi connectivity index (χ0v) is 18.2. The number of thiazole rings is 1. The summed E-state index contributed by atoms with van der Waals surface area (Å²) in [5.74, 6) is 0.778. The van der Waals surface area contributed by atoms with E-state index in [4.69, 9.17) is 4.74 Å². The lowest BCUT2D eigenvalue weighted by atomic mass is 9.64. The molecule has 1 saturated carbocycles. The minimum Gasteiger partial charge on any atom is -0.475 e. The van der Waals surface area contributed by atoms with Gasteiger partial charge in [-0.1, -0.05) is 13.0 Å². The molecule has 0 radical (unpaired) electrons. The molecule has 2 unspecified atom stereocenters. The molecule has 2 atom stereocenters. The average Bonchev–Trinajstić information content (AvgIpc) is 3.14. The van der Waals surface area contributed by atoms with Crippen molar-refractivity contribution in [2.75, 3.05) is 6.61 Å². The van der Waals surface area contributed by atoms with Crippen molar-refractivity contribution in [2.45, 2.75) is 38.8 Å². The van der Waals surface area contributed by atoms with Crippen LogP contribution in [0.2, 0.25) is 0 Å². The SMILES string of the molecule is Cc1nc(C(=O)N2C3CC(C3)C(C)C2COc2ccc(F)cn2)c(-c2ccccn2)s1. The molecule has 6 rings (SSSR count). The van der Waals surface area contributed by atoms with Crippen LogP contribution >= 0.6 is 11.3 Å². The van der Waals surface area contributed by atoms with Gasteiger partial charge in [0.2, 0.25) is 5.88 Å². The standard InChI is InChI=1S/C23H23FN4O2S/c1-13-15-9-17(10-15)28(19(13)12-30-20-7-6-16(24)11-26-20)23(29)21-22(31-14(2)27-21)18-5-3-4-8-25-18/h3-8,11,13,15,17,19H,9-10,12H2,1-2H3. The second-order valence-electron chi connectivity index (χ2n) is 8.28. The number of amides is 1. The topological polar surface area (TPSA) is 68.2 Å². The molecule has 3 aromatic heterocycles. The van der Waals surface area contributed by atoms with Gasteiger partial charge >= 0.3 is 0 Å². The van der Waals surface area contributed by atoms with E-state index in [1.54, 1.807) is 6.20 Å². The highest BCUT2D eigenvalue weighted by Gasteiger charge is 2.51. The van der Waals surface area contributed by atoms with Crippen LogP contribution in [0.4, 0.5) is 4.39 Å². The molecule has 2 saturated heterocycles. The van der Waals surface area contributed by atoms with Crippen LogP contribution in [0.25, 0.3) is 10.6 Å². The van der Waals surface area contributed by atoms with E-state index in [0.29, 0.717) is 30.0 Å². The fourth-order valence-corrected chi connectivity index (χ4v) is 5.54. The number of ether oxygens (including phenoxy) is 1. The van der Waals surface area contributed by atoms with Gasteiger partial charge in [0.05, 0.1) is 27.8 Å². The van der Waals surface area contributed by atoms with Crippen LogP contribution in [-0.2, 0) is 0 Å². The summed E-state index contributed by atoms with van der Waals surface area (Å²) in [4.78, 5) is 29.6. The highest BCUT2D eigenvalue weighted by atomic mass is 32.1. The summed E-state index contributed by atoms with van der Waals surface area (Å²) in [5.41, 5.74) is 1.22. The van der Waals surface area contributed by atoms with Gasteiger partial charge in [0.15, 0.2) is 0 Å². The van der Waals surface area contributed by atoms with E-state index in [-0.39, 0.29) is 18.0 Å². The summed E-state index contributed by atoms with van der Waals surface area (Å²) in [6.07, 6.45) is 4.89. The fraction of sp³-hybridized carbons (Fsp3) is 0.391. The van der Waals surface area contributed by atoms with Gasteiger partial charge in [0.25, 0.3) is 5.91 Å². The number of piperidine rings is 2. The van der Waals surface area contributed by atoms with E-state index in [0.717, 1.165) is 34.6 Å². The summed E-state index contributed by atoms with van der Waals surface area (Å²) >= 11 is 1.49. The van der Waals surface area contributed by atoms with Gasteiger partial charge in [-0.15, -0.1) is 11.3 Å². The number of carbonyl (C=O) groups is 1. The van der Waals surface area contributed by atoms with E-state index >= 15 is 0 Å². The number of pyridine rings is 2. The van der Waals surface area contributed by atoms with Crippen LogP contribution in [0.15, 0.2) is 42.7 Å². The van der Waals surface area contributed by atoms with Gasteiger partial charge in [0, 0.05) is 18.3 Å². The van der Waals surface area contributed by atoms with Crippen molar-refractivity contribution in [3.63, 3.8) is 0 Å². The van der Waals surface area contributed by atoms with E-state index < -0.39 is 5.82 Å². The predicted octanol–water partition coefficient (Wildman–Crippen LogP) is 4.37. The molecule has 160 valence electrons. The first kappa shape index (κ1) is 20.1. The van der Waals surface area contributed by atoms with Gasteiger partial charge in [-0.05, 0) is 49.8 Å². The van der Waals surface area contributed by atoms with Crippen molar-refractivity contribution < 1.29 is 13.9 Å². The molecular weight excluding hydrogens is 415 g/mol. The van der Waals surface area contributed by atoms with Gasteiger partial charge in [-0.2, -0.15) is 0 Å². The molecular formula is C23H23FN4O2S. The lowest BCUT2D eigenvalue weighted by Gasteiger charge is -2.56. The molecule has 3 aliphatic rings. The van der Waals surface area contributed by atoms with Crippen molar-refractivity contribution in [2.24, 2.45) is 11.8 Å². The number of aryl methyl sites for hydroxylation is 1.